The molecule has 1 aromatic rings. The number of nitrogens with one attached hydrogen (secondary N) is 1. The molecule has 1 aliphatic rings. The van der Waals surface area contributed by atoms with Crippen LogP contribution < -0.4 is 11.1 Å². The lowest BCUT2D eigenvalue weighted by Gasteiger charge is -2.40. The van der Waals surface area contributed by atoms with Gasteiger partial charge in [-0.05, 0) is 31.1 Å². The van der Waals surface area contributed by atoms with Crippen molar-refractivity contribution < 1.29 is 5.11 Å². The molecule has 0 amide bonds. The van der Waals surface area contributed by atoms with E-state index in [1.165, 1.54) is 6.33 Å². The van der Waals surface area contributed by atoms with E-state index in [4.69, 9.17) is 5.73 Å². The molecular formula is C13H22N4O. The summed E-state index contributed by atoms with van der Waals surface area (Å²) in [5.74, 6) is 0.600. The van der Waals surface area contributed by atoms with Gasteiger partial charge in [0.25, 0.3) is 0 Å². The quantitative estimate of drug-likeness (QED) is 0.762. The second-order valence-corrected chi connectivity index (χ2v) is 6.07. The van der Waals surface area contributed by atoms with Gasteiger partial charge in [0.15, 0.2) is 5.82 Å². The number of anilines is 2. The molecule has 100 valence electrons. The van der Waals surface area contributed by atoms with Crippen LogP contribution in [-0.2, 0) is 0 Å². The molecule has 0 atom stereocenters. The average molecular weight is 250 g/mol. The highest BCUT2D eigenvalue weighted by atomic mass is 16.3. The van der Waals surface area contributed by atoms with E-state index in [1.807, 2.05) is 0 Å². The lowest BCUT2D eigenvalue weighted by molar-refractivity contribution is -0.0145. The summed E-state index contributed by atoms with van der Waals surface area (Å²) in [5.41, 5.74) is 5.97. The lowest BCUT2D eigenvalue weighted by atomic mass is 9.71. The fraction of sp³-hybridized carbons (Fsp3) is 0.692. The Hall–Kier alpha value is -1.36. The highest BCUT2D eigenvalue weighted by Crippen LogP contribution is 2.40. The Kier molecular flexibility index (Phi) is 3.43. The molecule has 1 heterocycles. The van der Waals surface area contributed by atoms with E-state index in [2.05, 4.69) is 29.1 Å². The number of nitrogens with two attached hydrogens (primary N) is 1. The first-order valence-corrected chi connectivity index (χ1v) is 6.42. The van der Waals surface area contributed by atoms with Crippen molar-refractivity contribution >= 4 is 11.5 Å². The third-order valence-electron chi connectivity index (χ3n) is 3.86. The third-order valence-corrected chi connectivity index (χ3v) is 3.86. The highest BCUT2D eigenvalue weighted by Gasteiger charge is 2.36. The van der Waals surface area contributed by atoms with Crippen LogP contribution in [0.2, 0.25) is 0 Å². The van der Waals surface area contributed by atoms with E-state index in [1.54, 1.807) is 6.20 Å². The lowest BCUT2D eigenvalue weighted by Crippen LogP contribution is -2.42. The van der Waals surface area contributed by atoms with Crippen molar-refractivity contribution in [1.82, 2.24) is 9.97 Å². The van der Waals surface area contributed by atoms with Crippen molar-refractivity contribution in [2.24, 2.45) is 5.41 Å². The van der Waals surface area contributed by atoms with E-state index in [9.17, 15) is 5.11 Å². The number of nitrogen functional groups attached to an aromatic ring is 1. The summed E-state index contributed by atoms with van der Waals surface area (Å²) < 4.78 is 0. The van der Waals surface area contributed by atoms with Crippen molar-refractivity contribution in [3.05, 3.63) is 12.5 Å². The largest absolute Gasteiger partial charge is 0.394 e. The molecule has 0 spiro atoms. The van der Waals surface area contributed by atoms with Gasteiger partial charge in [-0.15, -0.1) is 0 Å². The van der Waals surface area contributed by atoms with Gasteiger partial charge < -0.3 is 16.2 Å². The Morgan fingerprint density at radius 3 is 2.61 bits per heavy atom. The fourth-order valence-electron chi connectivity index (χ4n) is 2.31. The summed E-state index contributed by atoms with van der Waals surface area (Å²) in [4.78, 5) is 7.90. The Balaban J connectivity index is 1.93. The second kappa shape index (κ2) is 4.72. The number of aromatic nitrogens is 2. The first-order valence-electron chi connectivity index (χ1n) is 6.42. The van der Waals surface area contributed by atoms with Crippen molar-refractivity contribution in [1.29, 1.82) is 0 Å². The normalized spacial score (nSPS) is 21.5. The van der Waals surface area contributed by atoms with Crippen LogP contribution in [0.4, 0.5) is 11.5 Å². The van der Waals surface area contributed by atoms with Crippen LogP contribution in [-0.4, -0.2) is 27.2 Å². The van der Waals surface area contributed by atoms with Gasteiger partial charge in [0, 0.05) is 6.54 Å². The average Bonchev–Trinajstić information content (AvgIpc) is 2.33. The molecule has 5 heteroatoms. The molecule has 0 aromatic carbocycles. The van der Waals surface area contributed by atoms with E-state index in [-0.39, 0.29) is 0 Å². The summed E-state index contributed by atoms with van der Waals surface area (Å²) >= 11 is 0. The molecule has 1 saturated carbocycles. The van der Waals surface area contributed by atoms with Gasteiger partial charge in [-0.2, -0.15) is 0 Å². The third kappa shape index (κ3) is 3.10. The van der Waals surface area contributed by atoms with Crippen molar-refractivity contribution in [2.45, 2.75) is 45.1 Å². The highest BCUT2D eigenvalue weighted by molar-refractivity contribution is 5.59. The summed E-state index contributed by atoms with van der Waals surface area (Å²) in [6.45, 7) is 5.00. The molecule has 4 N–H and O–H groups in total. The van der Waals surface area contributed by atoms with Crippen LogP contribution in [0, 0.1) is 5.41 Å². The Labute approximate surface area is 108 Å². The van der Waals surface area contributed by atoms with Gasteiger partial charge in [0.1, 0.15) is 6.33 Å². The molecule has 0 bridgehead atoms. The van der Waals surface area contributed by atoms with Crippen molar-refractivity contribution in [3.8, 4) is 0 Å². The maximum absolute atomic E-state index is 10.5. The monoisotopic (exact) mass is 250 g/mol. The minimum atomic E-state index is -0.646. The summed E-state index contributed by atoms with van der Waals surface area (Å²) in [6.07, 6.45) is 6.74. The zero-order valence-electron chi connectivity index (χ0n) is 11.1. The molecule has 1 aromatic heterocycles. The minimum Gasteiger partial charge on any atom is -0.394 e. The molecule has 1 fully saturated rings. The Morgan fingerprint density at radius 1 is 1.33 bits per heavy atom. The van der Waals surface area contributed by atoms with E-state index in [0.717, 1.165) is 25.7 Å². The maximum atomic E-state index is 10.5. The summed E-state index contributed by atoms with van der Waals surface area (Å²) in [5, 5.41) is 13.6. The van der Waals surface area contributed by atoms with Gasteiger partial charge >= 0.3 is 0 Å². The molecular weight excluding hydrogens is 228 g/mol. The number of rotatable bonds is 3. The molecule has 0 aliphatic heterocycles. The van der Waals surface area contributed by atoms with Crippen molar-refractivity contribution in [2.75, 3.05) is 17.6 Å². The minimum absolute atomic E-state index is 0.347. The van der Waals surface area contributed by atoms with Crippen LogP contribution in [0.3, 0.4) is 0 Å². The predicted octanol–water partition coefficient (Wildman–Crippen LogP) is 1.80. The standard InChI is InChI=1S/C13H22N4O/c1-12(2)3-5-13(18,6-4-12)8-16-11-10(14)7-15-9-17-11/h7,9,18H,3-6,8,14H2,1-2H3,(H,15,16,17). The molecule has 0 radical (unpaired) electrons. The smallest absolute Gasteiger partial charge is 0.152 e. The zero-order chi connectivity index (χ0) is 13.2. The van der Waals surface area contributed by atoms with Crippen LogP contribution in [0.15, 0.2) is 12.5 Å². The predicted molar refractivity (Wildman–Crippen MR) is 72.1 cm³/mol. The number of hydrogen-bond acceptors (Lipinski definition) is 5. The summed E-state index contributed by atoms with van der Waals surface area (Å²) in [7, 11) is 0. The van der Waals surface area contributed by atoms with E-state index in [0.29, 0.717) is 23.5 Å². The van der Waals surface area contributed by atoms with Gasteiger partial charge in [-0.3, -0.25) is 0 Å². The van der Waals surface area contributed by atoms with Gasteiger partial charge in [-0.1, -0.05) is 13.8 Å². The van der Waals surface area contributed by atoms with E-state index < -0.39 is 5.60 Å². The topological polar surface area (TPSA) is 84.1 Å². The van der Waals surface area contributed by atoms with Gasteiger partial charge in [-0.25, -0.2) is 9.97 Å². The number of hydrogen-bond donors (Lipinski definition) is 3. The summed E-state index contributed by atoms with van der Waals surface area (Å²) in [6, 6.07) is 0. The molecule has 18 heavy (non-hydrogen) atoms. The van der Waals surface area contributed by atoms with Crippen LogP contribution >= 0.6 is 0 Å². The SMILES string of the molecule is CC1(C)CCC(O)(CNc2ncncc2N)CC1. The van der Waals surface area contributed by atoms with Crippen LogP contribution in [0.5, 0.6) is 0 Å². The van der Waals surface area contributed by atoms with Crippen LogP contribution in [0.1, 0.15) is 39.5 Å². The second-order valence-electron chi connectivity index (χ2n) is 6.07. The van der Waals surface area contributed by atoms with Crippen LogP contribution in [0.25, 0.3) is 0 Å². The first-order chi connectivity index (χ1) is 8.40. The molecule has 2 rings (SSSR count). The van der Waals surface area contributed by atoms with Gasteiger partial charge in [0.2, 0.25) is 0 Å². The number of aliphatic hydroxyl groups is 1. The Bertz CT molecular complexity index is 409. The fourth-order valence-corrected chi connectivity index (χ4v) is 2.31. The first kappa shape index (κ1) is 13.1. The van der Waals surface area contributed by atoms with Crippen molar-refractivity contribution in [3.63, 3.8) is 0 Å². The molecule has 0 unspecified atom stereocenters. The van der Waals surface area contributed by atoms with Gasteiger partial charge in [0.05, 0.1) is 17.5 Å². The Morgan fingerprint density at radius 2 is 2.00 bits per heavy atom. The van der Waals surface area contributed by atoms with E-state index >= 15 is 0 Å². The molecule has 5 nitrogen and oxygen atoms in total. The number of nitrogens with zero attached hydrogens (tertiary/aromatic N) is 2. The molecule has 1 aliphatic carbocycles. The maximum Gasteiger partial charge on any atom is 0.152 e. The molecule has 0 saturated heterocycles. The zero-order valence-corrected chi connectivity index (χ0v) is 11.1.